The van der Waals surface area contributed by atoms with Crippen molar-refractivity contribution in [3.05, 3.63) is 107 Å². The van der Waals surface area contributed by atoms with Gasteiger partial charge in [0.05, 0.1) is 17.3 Å². The van der Waals surface area contributed by atoms with Gasteiger partial charge in [0.1, 0.15) is 5.82 Å². The van der Waals surface area contributed by atoms with Crippen LogP contribution in [0, 0.1) is 12.8 Å². The lowest BCUT2D eigenvalue weighted by atomic mass is 9.75. The number of hydrogen-bond acceptors (Lipinski definition) is 4. The van der Waals surface area contributed by atoms with Crippen molar-refractivity contribution in [2.45, 2.75) is 51.9 Å². The molecule has 5 aromatic rings. The van der Waals surface area contributed by atoms with Gasteiger partial charge in [0.15, 0.2) is 5.78 Å². The molecule has 0 saturated carbocycles. The molecule has 44 heavy (non-hydrogen) atoms. The van der Waals surface area contributed by atoms with E-state index in [1.165, 1.54) is 0 Å². The van der Waals surface area contributed by atoms with E-state index in [1.807, 2.05) is 92.0 Å². The lowest BCUT2D eigenvalue weighted by molar-refractivity contribution is 0.0918. The number of piperidine rings is 1. The van der Waals surface area contributed by atoms with Crippen LogP contribution in [0.4, 0.5) is 16.3 Å². The highest BCUT2D eigenvalue weighted by Crippen LogP contribution is 2.39. The molecule has 1 aliphatic rings. The number of rotatable bonds is 7. The largest absolute Gasteiger partial charge is 0.360 e. The monoisotopic (exact) mass is 588 g/mol. The van der Waals surface area contributed by atoms with E-state index >= 15 is 0 Å². The highest BCUT2D eigenvalue weighted by atomic mass is 16.2. The third-order valence-electron chi connectivity index (χ3n) is 8.53. The summed E-state index contributed by atoms with van der Waals surface area (Å²) in [5.74, 6) is 0.369. The number of nitrogens with zero attached hydrogens (tertiary/aromatic N) is 2. The maximum atomic E-state index is 14.4. The van der Waals surface area contributed by atoms with Crippen LogP contribution in [0.1, 0.15) is 66.7 Å². The number of aryl methyl sites for hydroxylation is 1. The van der Waals surface area contributed by atoms with Crippen LogP contribution in [-0.4, -0.2) is 39.7 Å². The maximum Gasteiger partial charge on any atom is 0.324 e. The number of aromatic amines is 1. The molecule has 226 valence electrons. The number of fused-ring (bicyclic) bond motifs is 1. The zero-order chi connectivity index (χ0) is 30.8. The van der Waals surface area contributed by atoms with Crippen LogP contribution in [-0.2, 0) is 5.41 Å². The van der Waals surface area contributed by atoms with Crippen LogP contribution in [0.15, 0.2) is 85.1 Å². The number of nitrogens with one attached hydrogen (secondary N) is 4. The zero-order valence-corrected chi connectivity index (χ0v) is 25.8. The first kappa shape index (κ1) is 29.4. The van der Waals surface area contributed by atoms with Crippen LogP contribution >= 0.6 is 0 Å². The third kappa shape index (κ3) is 6.03. The summed E-state index contributed by atoms with van der Waals surface area (Å²) in [6.07, 6.45) is 3.58. The molecule has 1 saturated heterocycles. The van der Waals surface area contributed by atoms with Gasteiger partial charge in [0, 0.05) is 39.8 Å². The van der Waals surface area contributed by atoms with Gasteiger partial charge in [0.25, 0.3) is 0 Å². The molecule has 0 spiro atoms. The number of carbonyl (C=O) groups is 2. The van der Waals surface area contributed by atoms with Crippen LogP contribution < -0.4 is 16.0 Å². The fourth-order valence-electron chi connectivity index (χ4n) is 6.10. The van der Waals surface area contributed by atoms with E-state index in [-0.39, 0.29) is 17.1 Å². The number of ketones is 1. The SMILES string of the molecule is Cc1ccc(-n2nc(C(C)(C)C)cc2NC(=O)Nc2ccccc2C(C(=O)c2c[nH]c3ccccc23)C2CCNCC2)cc1. The predicted molar refractivity (Wildman–Crippen MR) is 177 cm³/mol. The van der Waals surface area contributed by atoms with Crippen molar-refractivity contribution < 1.29 is 9.59 Å². The van der Waals surface area contributed by atoms with Crippen LogP contribution in [0.25, 0.3) is 16.6 Å². The van der Waals surface area contributed by atoms with Crippen molar-refractivity contribution in [1.29, 1.82) is 0 Å². The number of carbonyl (C=O) groups excluding carboxylic acids is 2. The van der Waals surface area contributed by atoms with E-state index in [9.17, 15) is 9.59 Å². The fourth-order valence-corrected chi connectivity index (χ4v) is 6.10. The van der Waals surface area contributed by atoms with Gasteiger partial charge in [-0.05, 0) is 68.6 Å². The Balaban J connectivity index is 1.33. The molecule has 1 unspecified atom stereocenters. The third-order valence-corrected chi connectivity index (χ3v) is 8.53. The Bertz CT molecular complexity index is 1790. The first-order valence-electron chi connectivity index (χ1n) is 15.3. The second-order valence-corrected chi connectivity index (χ2v) is 12.8. The Labute approximate surface area is 258 Å². The lowest BCUT2D eigenvalue weighted by Crippen LogP contribution is -2.34. The molecule has 2 aromatic heterocycles. The lowest BCUT2D eigenvalue weighted by Gasteiger charge is -2.31. The second kappa shape index (κ2) is 12.1. The van der Waals surface area contributed by atoms with Crippen LogP contribution in [0.2, 0.25) is 0 Å². The Kier molecular flexibility index (Phi) is 8.10. The molecular formula is C36H40N6O2. The molecular weight excluding hydrogens is 548 g/mol. The van der Waals surface area contributed by atoms with E-state index in [4.69, 9.17) is 5.10 Å². The van der Waals surface area contributed by atoms with E-state index in [2.05, 4.69) is 41.7 Å². The standard InChI is InChI=1S/C36H40N6O2/c1-23-13-15-25(16-14-23)42-32(21-31(41-42)36(2,3)4)40-35(44)39-30-12-8-6-10-27(30)33(24-17-19-37-20-18-24)34(43)28-22-38-29-11-7-5-9-26(28)29/h5-16,21-22,24,33,37-38H,17-20H2,1-4H3,(H2,39,40,44). The number of hydrogen-bond donors (Lipinski definition) is 4. The van der Waals surface area contributed by atoms with Gasteiger partial charge in [-0.2, -0.15) is 5.10 Å². The summed E-state index contributed by atoms with van der Waals surface area (Å²) in [5, 5.41) is 15.3. The van der Waals surface area contributed by atoms with Crippen molar-refractivity contribution in [2.24, 2.45) is 5.92 Å². The Morgan fingerprint density at radius 3 is 2.39 bits per heavy atom. The van der Waals surface area contributed by atoms with Crippen molar-refractivity contribution in [1.82, 2.24) is 20.1 Å². The van der Waals surface area contributed by atoms with Gasteiger partial charge in [-0.3, -0.25) is 10.1 Å². The smallest absolute Gasteiger partial charge is 0.324 e. The predicted octanol–water partition coefficient (Wildman–Crippen LogP) is 7.57. The van der Waals surface area contributed by atoms with Gasteiger partial charge >= 0.3 is 6.03 Å². The molecule has 0 aliphatic carbocycles. The van der Waals surface area contributed by atoms with Crippen molar-refractivity contribution in [3.63, 3.8) is 0 Å². The number of Topliss-reactive ketones (excluding diaryl/α,β-unsaturated/α-hetero) is 1. The van der Waals surface area contributed by atoms with Gasteiger partial charge in [-0.15, -0.1) is 0 Å². The maximum absolute atomic E-state index is 14.4. The van der Waals surface area contributed by atoms with Crippen LogP contribution in [0.3, 0.4) is 0 Å². The number of anilines is 2. The minimum Gasteiger partial charge on any atom is -0.360 e. The highest BCUT2D eigenvalue weighted by Gasteiger charge is 2.34. The average molecular weight is 589 g/mol. The molecule has 2 amide bonds. The molecule has 3 heterocycles. The Morgan fingerprint density at radius 2 is 1.64 bits per heavy atom. The molecule has 1 fully saturated rings. The van der Waals surface area contributed by atoms with E-state index in [0.717, 1.165) is 59.3 Å². The summed E-state index contributed by atoms with van der Waals surface area (Å²) >= 11 is 0. The normalized spacial score (nSPS) is 14.8. The van der Waals surface area contributed by atoms with Crippen molar-refractivity contribution >= 4 is 34.2 Å². The van der Waals surface area contributed by atoms with Gasteiger partial charge in [-0.25, -0.2) is 9.48 Å². The molecule has 1 atom stereocenters. The average Bonchev–Trinajstić information content (AvgIpc) is 3.64. The zero-order valence-electron chi connectivity index (χ0n) is 25.8. The summed E-state index contributed by atoms with van der Waals surface area (Å²) in [6, 6.07) is 25.1. The minimum absolute atomic E-state index is 0.0660. The first-order chi connectivity index (χ1) is 21.2. The molecule has 1 aliphatic heterocycles. The topological polar surface area (TPSA) is 104 Å². The molecule has 6 rings (SSSR count). The van der Waals surface area contributed by atoms with E-state index in [1.54, 1.807) is 4.68 Å². The fraction of sp³-hybridized carbons (Fsp3) is 0.306. The summed E-state index contributed by atoms with van der Waals surface area (Å²) in [4.78, 5) is 31.3. The van der Waals surface area contributed by atoms with Gasteiger partial charge in [0.2, 0.25) is 0 Å². The molecule has 3 aromatic carbocycles. The van der Waals surface area contributed by atoms with Crippen LogP contribution in [0.5, 0.6) is 0 Å². The highest BCUT2D eigenvalue weighted by molar-refractivity contribution is 6.11. The molecule has 8 heteroatoms. The van der Waals surface area contributed by atoms with E-state index in [0.29, 0.717) is 17.1 Å². The summed E-state index contributed by atoms with van der Waals surface area (Å²) in [7, 11) is 0. The number of amides is 2. The number of benzene rings is 3. The Morgan fingerprint density at radius 1 is 0.932 bits per heavy atom. The second-order valence-electron chi connectivity index (χ2n) is 12.8. The van der Waals surface area contributed by atoms with Crippen molar-refractivity contribution in [3.8, 4) is 5.69 Å². The first-order valence-corrected chi connectivity index (χ1v) is 15.3. The minimum atomic E-state index is -0.404. The number of aromatic nitrogens is 3. The number of H-pyrrole nitrogens is 1. The Hall–Kier alpha value is -4.69. The van der Waals surface area contributed by atoms with Crippen molar-refractivity contribution in [2.75, 3.05) is 23.7 Å². The summed E-state index contributed by atoms with van der Waals surface area (Å²) in [5.41, 5.74) is 5.73. The summed E-state index contributed by atoms with van der Waals surface area (Å²) in [6.45, 7) is 10.1. The number of urea groups is 1. The van der Waals surface area contributed by atoms with Gasteiger partial charge < -0.3 is 15.6 Å². The van der Waals surface area contributed by atoms with Gasteiger partial charge in [-0.1, -0.05) is 74.9 Å². The van der Waals surface area contributed by atoms with E-state index < -0.39 is 11.9 Å². The molecule has 4 N–H and O–H groups in total. The summed E-state index contributed by atoms with van der Waals surface area (Å²) < 4.78 is 1.77. The molecule has 0 radical (unpaired) electrons. The number of para-hydroxylation sites is 2. The molecule has 8 nitrogen and oxygen atoms in total. The molecule has 0 bridgehead atoms. The quantitative estimate of drug-likeness (QED) is 0.147.